The van der Waals surface area contributed by atoms with Crippen LogP contribution in [0.3, 0.4) is 0 Å². The molecule has 0 saturated heterocycles. The van der Waals surface area contributed by atoms with Gasteiger partial charge in [-0.1, -0.05) is 13.3 Å². The average Bonchev–Trinajstić information content (AvgIpc) is 2.94. The summed E-state index contributed by atoms with van der Waals surface area (Å²) in [6.07, 6.45) is 7.23. The van der Waals surface area contributed by atoms with Gasteiger partial charge in [0.25, 0.3) is 0 Å². The van der Waals surface area contributed by atoms with Gasteiger partial charge in [-0.15, -0.1) is 0 Å². The Morgan fingerprint density at radius 3 is 2.15 bits per heavy atom. The number of hydrogen-bond acceptors (Lipinski definition) is 3. The van der Waals surface area contributed by atoms with Crippen molar-refractivity contribution in [2.75, 3.05) is 26.2 Å². The van der Waals surface area contributed by atoms with Gasteiger partial charge in [-0.2, -0.15) is 0 Å². The van der Waals surface area contributed by atoms with E-state index in [4.69, 9.17) is 0 Å². The van der Waals surface area contributed by atoms with Gasteiger partial charge in [0.15, 0.2) is 0 Å². The number of hydrogen-bond donors (Lipinski definition) is 0. The van der Waals surface area contributed by atoms with Gasteiger partial charge in [0, 0.05) is 12.4 Å². The van der Waals surface area contributed by atoms with Crippen LogP contribution in [0.2, 0.25) is 0 Å². The standard InChI is InChI=1S/C10H24N.C5H6N2O2/c1-5-9-10-11(6-2,7-3)8-4;8-5(9)3-7-2-1-6-4-7/h5-10H2,1-4H3;1-2,4H,3H2,(H,8,9)/q+1;/p-1. The van der Waals surface area contributed by atoms with Gasteiger partial charge in [0.05, 0.1) is 45.0 Å². The number of carbonyl (C=O) groups is 1. The van der Waals surface area contributed by atoms with Crippen molar-refractivity contribution in [3.8, 4) is 0 Å². The maximum atomic E-state index is 9.91. The number of carboxylic acid groups (broad SMARTS) is 1. The highest BCUT2D eigenvalue weighted by Crippen LogP contribution is 2.07. The molecule has 0 aliphatic rings. The molecule has 0 amide bonds. The van der Waals surface area contributed by atoms with Crippen LogP contribution in [0.5, 0.6) is 0 Å². The Morgan fingerprint density at radius 2 is 1.80 bits per heavy atom. The fourth-order valence-corrected chi connectivity index (χ4v) is 2.17. The minimum atomic E-state index is -1.10. The number of quaternary nitrogens is 1. The van der Waals surface area contributed by atoms with Gasteiger partial charge >= 0.3 is 0 Å². The Bertz CT molecular complexity index is 338. The number of unbranched alkanes of at least 4 members (excludes halogenated alkanes) is 1. The van der Waals surface area contributed by atoms with Gasteiger partial charge < -0.3 is 19.0 Å². The minimum absolute atomic E-state index is 0.125. The monoisotopic (exact) mass is 283 g/mol. The summed E-state index contributed by atoms with van der Waals surface area (Å²) in [5, 5.41) is 9.91. The maximum absolute atomic E-state index is 9.91. The zero-order valence-electron chi connectivity index (χ0n) is 13.3. The van der Waals surface area contributed by atoms with E-state index in [1.807, 2.05) is 0 Å². The Hall–Kier alpha value is -1.36. The van der Waals surface area contributed by atoms with Crippen molar-refractivity contribution in [1.29, 1.82) is 0 Å². The van der Waals surface area contributed by atoms with E-state index in [1.54, 1.807) is 6.20 Å². The van der Waals surface area contributed by atoms with E-state index in [9.17, 15) is 9.90 Å². The van der Waals surface area contributed by atoms with E-state index in [0.717, 1.165) is 0 Å². The van der Waals surface area contributed by atoms with E-state index >= 15 is 0 Å². The number of aromatic nitrogens is 2. The van der Waals surface area contributed by atoms with Crippen LogP contribution in [0.15, 0.2) is 18.7 Å². The first-order valence-electron chi connectivity index (χ1n) is 7.54. The molecule has 1 aromatic rings. The molecule has 0 aromatic carbocycles. The summed E-state index contributed by atoms with van der Waals surface area (Å²) in [6, 6.07) is 0. The molecule has 1 aromatic heterocycles. The maximum Gasteiger partial charge on any atom is 0.0949 e. The van der Waals surface area contributed by atoms with Gasteiger partial charge in [0.2, 0.25) is 0 Å². The van der Waals surface area contributed by atoms with Crippen molar-refractivity contribution in [3.63, 3.8) is 0 Å². The molecule has 1 heterocycles. The predicted molar refractivity (Wildman–Crippen MR) is 78.9 cm³/mol. The van der Waals surface area contributed by atoms with Crippen LogP contribution in [0, 0.1) is 0 Å². The molecule has 0 aliphatic heterocycles. The first-order chi connectivity index (χ1) is 9.53. The molecule has 0 atom stereocenters. The van der Waals surface area contributed by atoms with Crippen LogP contribution in [0.25, 0.3) is 0 Å². The Morgan fingerprint density at radius 1 is 1.20 bits per heavy atom. The molecule has 0 spiro atoms. The third-order valence-corrected chi connectivity index (χ3v) is 3.87. The van der Waals surface area contributed by atoms with Gasteiger partial charge in [-0.05, 0) is 27.2 Å². The lowest BCUT2D eigenvalue weighted by Gasteiger charge is -2.35. The number of rotatable bonds is 8. The molecular formula is C15H29N3O2. The third-order valence-electron chi connectivity index (χ3n) is 3.87. The molecule has 5 nitrogen and oxygen atoms in total. The SMILES string of the molecule is CCCC[N+](CC)(CC)CC.O=C([O-])Cn1ccnc1. The van der Waals surface area contributed by atoms with Crippen LogP contribution in [-0.2, 0) is 11.3 Å². The lowest BCUT2D eigenvalue weighted by Crippen LogP contribution is -2.48. The van der Waals surface area contributed by atoms with Gasteiger partial charge in [-0.3, -0.25) is 0 Å². The minimum Gasteiger partial charge on any atom is -0.548 e. The summed E-state index contributed by atoms with van der Waals surface area (Å²) in [5.41, 5.74) is 0. The lowest BCUT2D eigenvalue weighted by atomic mass is 10.2. The molecule has 116 valence electrons. The molecule has 0 saturated carbocycles. The molecule has 0 fully saturated rings. The summed E-state index contributed by atoms with van der Waals surface area (Å²) in [5.74, 6) is -1.10. The Labute approximate surface area is 122 Å². The second-order valence-electron chi connectivity index (χ2n) is 4.97. The summed E-state index contributed by atoms with van der Waals surface area (Å²) in [4.78, 5) is 13.6. The van der Waals surface area contributed by atoms with E-state index in [0.29, 0.717) is 0 Å². The van der Waals surface area contributed by atoms with Crippen molar-refractivity contribution in [2.24, 2.45) is 0 Å². The highest BCUT2D eigenvalue weighted by Gasteiger charge is 2.18. The normalized spacial score (nSPS) is 10.8. The number of carbonyl (C=O) groups excluding carboxylic acids is 1. The number of carboxylic acids is 1. The van der Waals surface area contributed by atoms with Crippen LogP contribution < -0.4 is 5.11 Å². The number of imidazole rings is 1. The molecule has 0 radical (unpaired) electrons. The fraction of sp³-hybridized carbons (Fsp3) is 0.733. The van der Waals surface area contributed by atoms with Crippen LogP contribution in [0.4, 0.5) is 0 Å². The van der Waals surface area contributed by atoms with Crippen molar-refractivity contribution >= 4 is 5.97 Å². The van der Waals surface area contributed by atoms with Crippen LogP contribution in [-0.4, -0.2) is 46.2 Å². The molecule has 0 aliphatic carbocycles. The molecule has 0 bridgehead atoms. The van der Waals surface area contributed by atoms with Crippen molar-refractivity contribution in [1.82, 2.24) is 9.55 Å². The summed E-state index contributed by atoms with van der Waals surface area (Å²) in [7, 11) is 0. The molecule has 0 unspecified atom stereocenters. The highest BCUT2D eigenvalue weighted by molar-refractivity contribution is 5.63. The van der Waals surface area contributed by atoms with E-state index < -0.39 is 5.97 Å². The third kappa shape index (κ3) is 7.28. The zero-order valence-corrected chi connectivity index (χ0v) is 13.3. The number of aliphatic carboxylic acids is 1. The van der Waals surface area contributed by atoms with Crippen molar-refractivity contribution in [2.45, 2.75) is 47.1 Å². The summed E-state index contributed by atoms with van der Waals surface area (Å²) in [6.45, 7) is 14.3. The molecule has 20 heavy (non-hydrogen) atoms. The molecular weight excluding hydrogens is 254 g/mol. The lowest BCUT2D eigenvalue weighted by molar-refractivity contribution is -0.923. The Balaban J connectivity index is 0.000000367. The predicted octanol–water partition coefficient (Wildman–Crippen LogP) is 1.30. The number of nitrogens with zero attached hydrogens (tertiary/aromatic N) is 3. The quantitative estimate of drug-likeness (QED) is 0.676. The van der Waals surface area contributed by atoms with E-state index in [1.165, 1.54) is 60.6 Å². The summed E-state index contributed by atoms with van der Waals surface area (Å²) < 4.78 is 2.74. The van der Waals surface area contributed by atoms with Crippen LogP contribution in [0.1, 0.15) is 40.5 Å². The van der Waals surface area contributed by atoms with Gasteiger partial charge in [-0.25, -0.2) is 4.98 Å². The molecule has 1 rings (SSSR count). The first kappa shape index (κ1) is 18.6. The van der Waals surface area contributed by atoms with E-state index in [-0.39, 0.29) is 6.54 Å². The summed E-state index contributed by atoms with van der Waals surface area (Å²) >= 11 is 0. The smallest absolute Gasteiger partial charge is 0.0949 e. The van der Waals surface area contributed by atoms with Gasteiger partial charge in [0.1, 0.15) is 0 Å². The van der Waals surface area contributed by atoms with Crippen molar-refractivity contribution in [3.05, 3.63) is 18.7 Å². The zero-order chi connectivity index (χ0) is 15.4. The fourth-order valence-electron chi connectivity index (χ4n) is 2.17. The van der Waals surface area contributed by atoms with Crippen molar-refractivity contribution < 1.29 is 14.4 Å². The first-order valence-corrected chi connectivity index (χ1v) is 7.54. The average molecular weight is 283 g/mol. The van der Waals surface area contributed by atoms with Crippen LogP contribution >= 0.6 is 0 Å². The van der Waals surface area contributed by atoms with E-state index in [2.05, 4.69) is 32.7 Å². The Kier molecular flexibility index (Phi) is 9.72. The second-order valence-corrected chi connectivity index (χ2v) is 4.97. The molecule has 0 N–H and O–H groups in total. The molecule has 5 heteroatoms. The second kappa shape index (κ2) is 10.4. The largest absolute Gasteiger partial charge is 0.548 e. The highest BCUT2D eigenvalue weighted by atomic mass is 16.4. The topological polar surface area (TPSA) is 57.9 Å².